The van der Waals surface area contributed by atoms with Gasteiger partial charge in [0.25, 0.3) is 0 Å². The molecule has 26 heavy (non-hydrogen) atoms. The minimum absolute atomic E-state index is 0.0774. The molecular formula is C21H21NO4. The van der Waals surface area contributed by atoms with Crippen molar-refractivity contribution in [3.63, 3.8) is 0 Å². The summed E-state index contributed by atoms with van der Waals surface area (Å²) < 4.78 is 11.6. The van der Waals surface area contributed by atoms with Crippen LogP contribution in [0.15, 0.2) is 59.2 Å². The summed E-state index contributed by atoms with van der Waals surface area (Å²) in [6.45, 7) is 2.79. The largest absolute Gasteiger partial charge is 0.489 e. The van der Waals surface area contributed by atoms with Gasteiger partial charge in [-0.05, 0) is 30.2 Å². The lowest BCUT2D eigenvalue weighted by Crippen LogP contribution is -2.24. The van der Waals surface area contributed by atoms with Crippen LogP contribution in [0.3, 0.4) is 0 Å². The molecule has 0 unspecified atom stereocenters. The second-order valence-corrected chi connectivity index (χ2v) is 6.74. The van der Waals surface area contributed by atoms with Crippen LogP contribution in [0.25, 0.3) is 11.0 Å². The maximum atomic E-state index is 11.1. The number of carboxylic acid groups (broad SMARTS) is 1. The van der Waals surface area contributed by atoms with Crippen molar-refractivity contribution in [2.24, 2.45) is 0 Å². The minimum Gasteiger partial charge on any atom is -0.489 e. The van der Waals surface area contributed by atoms with Gasteiger partial charge in [-0.3, -0.25) is 9.69 Å². The number of aliphatic carboxylic acids is 1. The quantitative estimate of drug-likeness (QED) is 0.733. The molecule has 1 aromatic heterocycles. The van der Waals surface area contributed by atoms with Crippen LogP contribution in [0.4, 0.5) is 0 Å². The Kier molecular flexibility index (Phi) is 4.63. The number of benzene rings is 2. The monoisotopic (exact) mass is 351 g/mol. The van der Waals surface area contributed by atoms with E-state index in [-0.39, 0.29) is 12.5 Å². The van der Waals surface area contributed by atoms with Crippen LogP contribution < -0.4 is 4.74 Å². The highest BCUT2D eigenvalue weighted by Gasteiger charge is 2.24. The van der Waals surface area contributed by atoms with Gasteiger partial charge in [-0.1, -0.05) is 30.3 Å². The van der Waals surface area contributed by atoms with E-state index in [4.69, 9.17) is 14.3 Å². The summed E-state index contributed by atoms with van der Waals surface area (Å²) in [7, 11) is 0. The zero-order chi connectivity index (χ0) is 17.9. The van der Waals surface area contributed by atoms with E-state index in [1.165, 1.54) is 5.56 Å². The van der Waals surface area contributed by atoms with Crippen molar-refractivity contribution in [1.29, 1.82) is 0 Å². The Labute approximate surface area is 151 Å². The summed E-state index contributed by atoms with van der Waals surface area (Å²) in [5.41, 5.74) is 2.57. The van der Waals surface area contributed by atoms with E-state index in [1.54, 1.807) is 12.3 Å². The Bertz CT molecular complexity index is 903. The zero-order valence-electron chi connectivity index (χ0n) is 14.4. The van der Waals surface area contributed by atoms with Crippen molar-refractivity contribution in [2.75, 3.05) is 13.1 Å². The number of furan rings is 1. The van der Waals surface area contributed by atoms with E-state index in [1.807, 2.05) is 18.2 Å². The maximum absolute atomic E-state index is 11.1. The van der Waals surface area contributed by atoms with Crippen molar-refractivity contribution in [1.82, 2.24) is 4.90 Å². The Morgan fingerprint density at radius 3 is 2.88 bits per heavy atom. The normalized spacial score (nSPS) is 17.6. The van der Waals surface area contributed by atoms with E-state index in [0.717, 1.165) is 31.4 Å². The van der Waals surface area contributed by atoms with E-state index in [0.29, 0.717) is 16.9 Å². The number of fused-ring (bicyclic) bond motifs is 1. The summed E-state index contributed by atoms with van der Waals surface area (Å²) in [4.78, 5) is 13.5. The van der Waals surface area contributed by atoms with Gasteiger partial charge in [-0.15, -0.1) is 0 Å². The molecule has 1 atom stereocenters. The smallest absolute Gasteiger partial charge is 0.307 e. The Hall–Kier alpha value is -2.79. The number of ether oxygens (including phenoxy) is 1. The Balaban J connectivity index is 1.45. The maximum Gasteiger partial charge on any atom is 0.307 e. The summed E-state index contributed by atoms with van der Waals surface area (Å²) in [5.74, 6) is -0.170. The van der Waals surface area contributed by atoms with Gasteiger partial charge in [0, 0.05) is 30.6 Å². The third kappa shape index (κ3) is 3.73. The predicted octanol–water partition coefficient (Wildman–Crippen LogP) is 3.71. The zero-order valence-corrected chi connectivity index (χ0v) is 14.4. The van der Waals surface area contributed by atoms with E-state index in [2.05, 4.69) is 29.2 Å². The van der Waals surface area contributed by atoms with Crippen molar-refractivity contribution < 1.29 is 19.1 Å². The molecule has 0 aliphatic carbocycles. The predicted molar refractivity (Wildman–Crippen MR) is 98.3 cm³/mol. The first-order valence-electron chi connectivity index (χ1n) is 8.82. The number of carbonyl (C=O) groups is 1. The molecule has 5 heteroatoms. The highest BCUT2D eigenvalue weighted by molar-refractivity contribution is 5.85. The average molecular weight is 351 g/mol. The molecule has 1 aliphatic rings. The lowest BCUT2D eigenvalue weighted by molar-refractivity contribution is -0.136. The standard InChI is InChI=1S/C21H21NO4/c23-20(24)12-17-11-19(10-16-7-9-25-21(16)17)26-18-6-8-22(14-18)13-15-4-2-1-3-5-15/h1-5,7,9-11,18H,6,8,12-14H2,(H,23,24)/t18-/m1/s1. The van der Waals surface area contributed by atoms with Gasteiger partial charge in [0.05, 0.1) is 12.7 Å². The highest BCUT2D eigenvalue weighted by Crippen LogP contribution is 2.29. The number of carboxylic acids is 1. The molecule has 2 heterocycles. The van der Waals surface area contributed by atoms with Crippen LogP contribution in [0.5, 0.6) is 5.75 Å². The number of hydrogen-bond donors (Lipinski definition) is 1. The topological polar surface area (TPSA) is 62.9 Å². The molecule has 0 spiro atoms. The van der Waals surface area contributed by atoms with Gasteiger partial charge < -0.3 is 14.3 Å². The van der Waals surface area contributed by atoms with Gasteiger partial charge in [-0.25, -0.2) is 0 Å². The molecule has 1 N–H and O–H groups in total. The fourth-order valence-corrected chi connectivity index (χ4v) is 3.56. The van der Waals surface area contributed by atoms with Crippen LogP contribution in [-0.2, 0) is 17.8 Å². The van der Waals surface area contributed by atoms with E-state index < -0.39 is 5.97 Å². The number of likely N-dealkylation sites (tertiary alicyclic amines) is 1. The Morgan fingerprint density at radius 1 is 1.23 bits per heavy atom. The lowest BCUT2D eigenvalue weighted by atomic mass is 10.1. The molecular weight excluding hydrogens is 330 g/mol. The van der Waals surface area contributed by atoms with Gasteiger partial charge in [0.1, 0.15) is 17.4 Å². The first-order chi connectivity index (χ1) is 12.7. The van der Waals surface area contributed by atoms with Crippen LogP contribution in [0, 0.1) is 0 Å². The lowest BCUT2D eigenvalue weighted by Gasteiger charge is -2.17. The van der Waals surface area contributed by atoms with E-state index >= 15 is 0 Å². The molecule has 0 saturated carbocycles. The minimum atomic E-state index is -0.880. The molecule has 2 aromatic carbocycles. The summed E-state index contributed by atoms with van der Waals surface area (Å²) in [6, 6.07) is 16.0. The molecule has 3 aromatic rings. The molecule has 0 radical (unpaired) electrons. The number of hydrogen-bond acceptors (Lipinski definition) is 4. The second-order valence-electron chi connectivity index (χ2n) is 6.74. The first-order valence-corrected chi connectivity index (χ1v) is 8.82. The van der Waals surface area contributed by atoms with Crippen LogP contribution in [0.2, 0.25) is 0 Å². The first kappa shape index (κ1) is 16.7. The SMILES string of the molecule is O=C(O)Cc1cc(O[C@@H]2CCN(Cc3ccccc3)C2)cc2ccoc12. The molecule has 5 nitrogen and oxygen atoms in total. The average Bonchev–Trinajstić information content (AvgIpc) is 3.25. The fraction of sp³-hybridized carbons (Fsp3) is 0.286. The highest BCUT2D eigenvalue weighted by atomic mass is 16.5. The van der Waals surface area contributed by atoms with Crippen LogP contribution in [-0.4, -0.2) is 35.2 Å². The van der Waals surface area contributed by atoms with Crippen molar-refractivity contribution in [3.8, 4) is 5.75 Å². The number of rotatable bonds is 6. The molecule has 1 fully saturated rings. The van der Waals surface area contributed by atoms with Gasteiger partial charge in [-0.2, -0.15) is 0 Å². The second kappa shape index (κ2) is 7.22. The van der Waals surface area contributed by atoms with Crippen molar-refractivity contribution in [3.05, 3.63) is 65.9 Å². The van der Waals surface area contributed by atoms with Gasteiger partial charge in [0.15, 0.2) is 0 Å². The van der Waals surface area contributed by atoms with Crippen LogP contribution in [0.1, 0.15) is 17.5 Å². The summed E-state index contributed by atoms with van der Waals surface area (Å²) in [6.07, 6.45) is 2.58. The molecule has 4 rings (SSSR count). The van der Waals surface area contributed by atoms with Crippen molar-refractivity contribution in [2.45, 2.75) is 25.5 Å². The summed E-state index contributed by atoms with van der Waals surface area (Å²) in [5, 5.41) is 10.00. The van der Waals surface area contributed by atoms with Crippen LogP contribution >= 0.6 is 0 Å². The fourth-order valence-electron chi connectivity index (χ4n) is 3.56. The Morgan fingerprint density at radius 2 is 2.08 bits per heavy atom. The number of nitrogens with zero attached hydrogens (tertiary/aromatic N) is 1. The van der Waals surface area contributed by atoms with Gasteiger partial charge in [0.2, 0.25) is 0 Å². The third-order valence-electron chi connectivity index (χ3n) is 4.72. The molecule has 0 amide bonds. The third-order valence-corrected chi connectivity index (χ3v) is 4.72. The summed E-state index contributed by atoms with van der Waals surface area (Å²) >= 11 is 0. The molecule has 1 saturated heterocycles. The molecule has 0 bridgehead atoms. The molecule has 1 aliphatic heterocycles. The molecule has 134 valence electrons. The van der Waals surface area contributed by atoms with E-state index in [9.17, 15) is 4.79 Å². The van der Waals surface area contributed by atoms with Crippen molar-refractivity contribution >= 4 is 16.9 Å². The van der Waals surface area contributed by atoms with Gasteiger partial charge >= 0.3 is 5.97 Å².